The maximum atomic E-state index is 12.6. The lowest BCUT2D eigenvalue weighted by Crippen LogP contribution is -2.54. The summed E-state index contributed by atoms with van der Waals surface area (Å²) in [5.41, 5.74) is 0. The second-order valence-electron chi connectivity index (χ2n) is 6.02. The SMILES string of the molecule is C[C@@H]1CN(C(=O)[C@@H]2CCCN2C(=O)OCC(F)(F)F)C[C@H](C)O1. The second kappa shape index (κ2) is 6.94. The predicted octanol–water partition coefficient (Wildman–Crippen LogP) is 1.79. The normalized spacial score (nSPS) is 28.8. The zero-order chi connectivity index (χ0) is 17.2. The molecule has 0 N–H and O–H groups in total. The van der Waals surface area contributed by atoms with E-state index in [1.165, 1.54) is 0 Å². The molecule has 6 nitrogen and oxygen atoms in total. The largest absolute Gasteiger partial charge is 0.440 e. The van der Waals surface area contributed by atoms with Crippen LogP contribution in [0, 0.1) is 0 Å². The van der Waals surface area contributed by atoms with Crippen molar-refractivity contribution in [2.75, 3.05) is 26.2 Å². The van der Waals surface area contributed by atoms with E-state index < -0.39 is 24.9 Å². The van der Waals surface area contributed by atoms with E-state index in [1.54, 1.807) is 4.90 Å². The third kappa shape index (κ3) is 4.73. The molecule has 0 saturated carbocycles. The maximum Gasteiger partial charge on any atom is 0.422 e. The third-order valence-corrected chi connectivity index (χ3v) is 3.86. The molecule has 0 aliphatic carbocycles. The molecule has 2 heterocycles. The molecule has 2 fully saturated rings. The first-order valence-electron chi connectivity index (χ1n) is 7.62. The number of carbonyl (C=O) groups is 2. The number of hydrogen-bond donors (Lipinski definition) is 0. The van der Waals surface area contributed by atoms with Crippen LogP contribution in [0.5, 0.6) is 0 Å². The van der Waals surface area contributed by atoms with Crippen LogP contribution < -0.4 is 0 Å². The molecule has 2 saturated heterocycles. The summed E-state index contributed by atoms with van der Waals surface area (Å²) in [6.07, 6.45) is -4.91. The van der Waals surface area contributed by atoms with E-state index in [2.05, 4.69) is 4.74 Å². The van der Waals surface area contributed by atoms with Crippen LogP contribution in [0.3, 0.4) is 0 Å². The van der Waals surface area contributed by atoms with Gasteiger partial charge in [-0.2, -0.15) is 13.2 Å². The quantitative estimate of drug-likeness (QED) is 0.770. The summed E-state index contributed by atoms with van der Waals surface area (Å²) in [5.74, 6) is -0.256. The van der Waals surface area contributed by atoms with Gasteiger partial charge in [0.15, 0.2) is 6.61 Å². The van der Waals surface area contributed by atoms with Crippen molar-refractivity contribution in [3.05, 3.63) is 0 Å². The number of hydrogen-bond acceptors (Lipinski definition) is 4. The van der Waals surface area contributed by atoms with Crippen LogP contribution in [0.25, 0.3) is 0 Å². The smallest absolute Gasteiger partial charge is 0.422 e. The Labute approximate surface area is 132 Å². The highest BCUT2D eigenvalue weighted by molar-refractivity contribution is 5.86. The number of likely N-dealkylation sites (tertiary alicyclic amines) is 1. The fourth-order valence-corrected chi connectivity index (χ4v) is 3.04. The summed E-state index contributed by atoms with van der Waals surface area (Å²) in [7, 11) is 0. The maximum absolute atomic E-state index is 12.6. The number of carbonyl (C=O) groups excluding carboxylic acids is 2. The standard InChI is InChI=1S/C14H21F3N2O4/c1-9-6-18(7-10(2)23-9)12(20)11-4-3-5-19(11)13(21)22-8-14(15,16)17/h9-11H,3-8H2,1-2H3/t9-,10+,11-/m0/s1. The summed E-state index contributed by atoms with van der Waals surface area (Å²) in [5, 5.41) is 0. The molecular weight excluding hydrogens is 317 g/mol. The van der Waals surface area contributed by atoms with Crippen LogP contribution in [0.4, 0.5) is 18.0 Å². The van der Waals surface area contributed by atoms with Crippen molar-refractivity contribution in [3.8, 4) is 0 Å². The van der Waals surface area contributed by atoms with Crippen LogP contribution in [0.2, 0.25) is 0 Å². The van der Waals surface area contributed by atoms with Crippen molar-refractivity contribution in [2.45, 2.75) is 51.1 Å². The number of nitrogens with zero attached hydrogens (tertiary/aromatic N) is 2. The molecule has 2 aliphatic rings. The molecule has 0 bridgehead atoms. The minimum atomic E-state index is -4.58. The highest BCUT2D eigenvalue weighted by atomic mass is 19.4. The van der Waals surface area contributed by atoms with Crippen molar-refractivity contribution in [2.24, 2.45) is 0 Å². The van der Waals surface area contributed by atoms with Crippen LogP contribution in [0.15, 0.2) is 0 Å². The van der Waals surface area contributed by atoms with Gasteiger partial charge in [-0.1, -0.05) is 0 Å². The molecule has 0 unspecified atom stereocenters. The monoisotopic (exact) mass is 338 g/mol. The van der Waals surface area contributed by atoms with Crippen LogP contribution in [-0.4, -0.2) is 72.5 Å². The topological polar surface area (TPSA) is 59.1 Å². The molecule has 9 heteroatoms. The second-order valence-corrected chi connectivity index (χ2v) is 6.02. The van der Waals surface area contributed by atoms with Gasteiger partial charge in [0.1, 0.15) is 6.04 Å². The van der Waals surface area contributed by atoms with Gasteiger partial charge in [-0.25, -0.2) is 4.79 Å². The lowest BCUT2D eigenvalue weighted by atomic mass is 10.1. The first-order chi connectivity index (χ1) is 10.7. The van der Waals surface area contributed by atoms with Gasteiger partial charge >= 0.3 is 12.3 Å². The third-order valence-electron chi connectivity index (χ3n) is 3.86. The fraction of sp³-hybridized carbons (Fsp3) is 0.857. The fourth-order valence-electron chi connectivity index (χ4n) is 3.04. The Morgan fingerprint density at radius 3 is 2.39 bits per heavy atom. The van der Waals surface area contributed by atoms with Gasteiger partial charge < -0.3 is 14.4 Å². The van der Waals surface area contributed by atoms with Crippen LogP contribution in [-0.2, 0) is 14.3 Å². The Bertz CT molecular complexity index is 448. The zero-order valence-corrected chi connectivity index (χ0v) is 13.1. The number of alkyl halides is 3. The summed E-state index contributed by atoms with van der Waals surface area (Å²) < 4.78 is 46.3. The zero-order valence-electron chi connectivity index (χ0n) is 13.1. The predicted molar refractivity (Wildman–Crippen MR) is 73.7 cm³/mol. The first kappa shape index (κ1) is 17.8. The van der Waals surface area contributed by atoms with E-state index in [4.69, 9.17) is 4.74 Å². The van der Waals surface area contributed by atoms with E-state index in [0.717, 1.165) is 4.90 Å². The summed E-state index contributed by atoms with van der Waals surface area (Å²) in [4.78, 5) is 27.1. The molecule has 132 valence electrons. The van der Waals surface area contributed by atoms with Crippen LogP contribution in [0.1, 0.15) is 26.7 Å². The average molecular weight is 338 g/mol. The Hall–Kier alpha value is -1.51. The van der Waals surface area contributed by atoms with E-state index in [-0.39, 0.29) is 24.7 Å². The number of rotatable bonds is 2. The number of morpholine rings is 1. The first-order valence-corrected chi connectivity index (χ1v) is 7.62. The van der Waals surface area contributed by atoms with Crippen molar-refractivity contribution < 1.29 is 32.2 Å². The van der Waals surface area contributed by atoms with E-state index in [9.17, 15) is 22.8 Å². The van der Waals surface area contributed by atoms with Crippen molar-refractivity contribution in [1.82, 2.24) is 9.80 Å². The number of halogens is 3. The molecule has 0 aromatic rings. The molecule has 0 aromatic carbocycles. The van der Waals surface area contributed by atoms with E-state index in [0.29, 0.717) is 25.9 Å². The summed E-state index contributed by atoms with van der Waals surface area (Å²) >= 11 is 0. The highest BCUT2D eigenvalue weighted by Crippen LogP contribution is 2.23. The summed E-state index contributed by atoms with van der Waals surface area (Å²) in [6, 6.07) is -0.756. The Morgan fingerprint density at radius 1 is 1.22 bits per heavy atom. The molecule has 2 rings (SSSR count). The molecule has 0 radical (unpaired) electrons. The van der Waals surface area contributed by atoms with Gasteiger partial charge in [0.2, 0.25) is 5.91 Å². The minimum absolute atomic E-state index is 0.116. The van der Waals surface area contributed by atoms with Gasteiger partial charge in [0, 0.05) is 19.6 Å². The van der Waals surface area contributed by atoms with E-state index in [1.807, 2.05) is 13.8 Å². The Balaban J connectivity index is 1.97. The number of amides is 2. The van der Waals surface area contributed by atoms with Crippen molar-refractivity contribution >= 4 is 12.0 Å². The molecule has 23 heavy (non-hydrogen) atoms. The Kier molecular flexibility index (Phi) is 5.38. The Morgan fingerprint density at radius 2 is 1.83 bits per heavy atom. The molecule has 2 amide bonds. The highest BCUT2D eigenvalue weighted by Gasteiger charge is 2.40. The molecule has 0 aromatic heterocycles. The van der Waals surface area contributed by atoms with E-state index >= 15 is 0 Å². The molecule has 0 spiro atoms. The van der Waals surface area contributed by atoms with Crippen molar-refractivity contribution in [1.29, 1.82) is 0 Å². The molecular formula is C14H21F3N2O4. The lowest BCUT2D eigenvalue weighted by molar-refractivity contribution is -0.163. The van der Waals surface area contributed by atoms with Crippen LogP contribution >= 0.6 is 0 Å². The van der Waals surface area contributed by atoms with Gasteiger partial charge in [-0.3, -0.25) is 9.69 Å². The summed E-state index contributed by atoms with van der Waals surface area (Å²) in [6.45, 7) is 3.09. The lowest BCUT2D eigenvalue weighted by Gasteiger charge is -2.37. The van der Waals surface area contributed by atoms with Crippen molar-refractivity contribution in [3.63, 3.8) is 0 Å². The van der Waals surface area contributed by atoms with Gasteiger partial charge in [0.05, 0.1) is 12.2 Å². The van der Waals surface area contributed by atoms with Gasteiger partial charge in [0.25, 0.3) is 0 Å². The molecule has 3 atom stereocenters. The minimum Gasteiger partial charge on any atom is -0.440 e. The van der Waals surface area contributed by atoms with Gasteiger partial charge in [-0.15, -0.1) is 0 Å². The van der Waals surface area contributed by atoms with Gasteiger partial charge in [-0.05, 0) is 26.7 Å². The number of ether oxygens (including phenoxy) is 2. The average Bonchev–Trinajstić information content (AvgIpc) is 2.91. The molecule has 2 aliphatic heterocycles.